The Morgan fingerprint density at radius 3 is 2.51 bits per heavy atom. The molecule has 3 aromatic rings. The summed E-state index contributed by atoms with van der Waals surface area (Å²) in [6, 6.07) is 11.4. The maximum absolute atomic E-state index is 14.6. The van der Waals surface area contributed by atoms with E-state index in [-0.39, 0.29) is 42.1 Å². The molecule has 3 N–H and O–H groups in total. The highest BCUT2D eigenvalue weighted by Crippen LogP contribution is 2.51. The number of nitrogens with zero attached hydrogens (tertiary/aromatic N) is 5. The lowest BCUT2D eigenvalue weighted by Gasteiger charge is -2.44. The second-order valence-electron chi connectivity index (χ2n) is 15.4. The van der Waals surface area contributed by atoms with Crippen molar-refractivity contribution < 1.29 is 41.5 Å². The van der Waals surface area contributed by atoms with Gasteiger partial charge in [0.1, 0.15) is 29.2 Å². The maximum Gasteiger partial charge on any atom is 0.419 e. The number of piperidine rings is 2. The molecule has 1 aromatic heterocycles. The normalized spacial score (nSPS) is 20.9. The van der Waals surface area contributed by atoms with Crippen LogP contribution in [0.5, 0.6) is 5.75 Å². The minimum atomic E-state index is -4.83. The fourth-order valence-corrected chi connectivity index (χ4v) is 8.89. The van der Waals surface area contributed by atoms with Gasteiger partial charge in [-0.3, -0.25) is 34.3 Å². The Hall–Kier alpha value is -5.41. The number of thiol groups is 1. The second-order valence-corrected chi connectivity index (χ2v) is 15.8. The monoisotopic (exact) mass is 836 g/mol. The van der Waals surface area contributed by atoms with Crippen LogP contribution in [0.3, 0.4) is 0 Å². The number of hydrogen-bond donors (Lipinski definition) is 4. The van der Waals surface area contributed by atoms with Crippen LogP contribution in [0, 0.1) is 23.1 Å². The Labute approximate surface area is 343 Å². The first kappa shape index (κ1) is 41.7. The highest BCUT2D eigenvalue weighted by molar-refractivity contribution is 7.81. The molecule has 18 heteroatoms. The van der Waals surface area contributed by atoms with Crippen molar-refractivity contribution in [1.82, 2.24) is 15.2 Å². The molecule has 2 unspecified atom stereocenters. The summed E-state index contributed by atoms with van der Waals surface area (Å²) in [5.74, 6) is -1.07. The number of likely N-dealkylation sites (tertiary alicyclic amines) is 1. The van der Waals surface area contributed by atoms with Crippen LogP contribution in [0.25, 0.3) is 0 Å². The third-order valence-electron chi connectivity index (χ3n) is 11.7. The molecule has 0 bridgehead atoms. The third kappa shape index (κ3) is 8.67. The average Bonchev–Trinajstić information content (AvgIpc) is 3.43. The van der Waals surface area contributed by atoms with Crippen LogP contribution >= 0.6 is 12.6 Å². The SMILES string of the molecule is CCc1cc(N2C(S)N(c3cnc(C#N)c(C(F)(F)F)c3)C(=O)C23CCC3)ccc1OCCC1CCN(CC(=O)Nc2cc(NC3CCC(=O)NC3=O)ccc2F)CC1. The molecular formula is C41H44F4N8O5S. The number of halogens is 4. The number of alkyl halides is 3. The van der Waals surface area contributed by atoms with Crippen LogP contribution in [0.4, 0.5) is 40.3 Å². The Bertz CT molecular complexity index is 2170. The quantitative estimate of drug-likeness (QED) is 0.0969. The Balaban J connectivity index is 0.915. The van der Waals surface area contributed by atoms with Gasteiger partial charge in [-0.15, -0.1) is 12.6 Å². The van der Waals surface area contributed by atoms with Crippen molar-refractivity contribution >= 4 is 59.0 Å². The number of hydrogen-bond acceptors (Lipinski definition) is 11. The molecule has 59 heavy (non-hydrogen) atoms. The average molecular weight is 837 g/mol. The number of carbonyl (C=O) groups excluding carboxylic acids is 4. The predicted molar refractivity (Wildman–Crippen MR) is 213 cm³/mol. The van der Waals surface area contributed by atoms with Crippen LogP contribution in [0.1, 0.15) is 75.1 Å². The number of ether oxygens (including phenoxy) is 1. The van der Waals surface area contributed by atoms with Gasteiger partial charge in [0.15, 0.2) is 11.2 Å². The number of rotatable bonds is 12. The fourth-order valence-electron chi connectivity index (χ4n) is 8.29. The van der Waals surface area contributed by atoms with Gasteiger partial charge in [0.25, 0.3) is 5.91 Å². The highest BCUT2D eigenvalue weighted by Gasteiger charge is 2.60. The van der Waals surface area contributed by atoms with Gasteiger partial charge in [0.2, 0.25) is 17.7 Å². The largest absolute Gasteiger partial charge is 0.493 e. The molecular weight excluding hydrogens is 793 g/mol. The van der Waals surface area contributed by atoms with E-state index in [9.17, 15) is 42.0 Å². The molecule has 4 heterocycles. The van der Waals surface area contributed by atoms with Crippen molar-refractivity contribution in [3.8, 4) is 11.8 Å². The number of carbonyl (C=O) groups is 4. The predicted octanol–water partition coefficient (Wildman–Crippen LogP) is 6.00. The summed E-state index contributed by atoms with van der Waals surface area (Å²) in [5.41, 5.74) is -1.93. The van der Waals surface area contributed by atoms with Gasteiger partial charge in [-0.1, -0.05) is 6.92 Å². The number of aromatic nitrogens is 1. The summed E-state index contributed by atoms with van der Waals surface area (Å²) in [6.07, 6.45) is 1.68. The summed E-state index contributed by atoms with van der Waals surface area (Å²) in [7, 11) is 0. The van der Waals surface area contributed by atoms with Crippen molar-refractivity contribution in [1.29, 1.82) is 5.26 Å². The number of benzene rings is 2. The molecule has 4 fully saturated rings. The molecule has 7 rings (SSSR count). The standard InChI is InChI=1S/C41H44F4N8O5S/c1-2-25-18-27(53-39(59)52(38(57)40(53)13-3-14-40)28-20-29(41(43,44)45)33(21-46)47-22-28)5-8-34(25)58-17-12-24-10-15-51(16-11-24)23-36(55)49-32-19-26(4-6-30(32)42)48-31-7-9-35(54)50-37(31)56/h4-6,8,18-20,22,24,31,39,48,59H,2-3,7,9-17,23H2,1H3,(H,49,55)(H,50,54,56). The molecule has 1 aliphatic carbocycles. The van der Waals surface area contributed by atoms with E-state index in [0.29, 0.717) is 68.4 Å². The number of nitrogens with one attached hydrogen (secondary N) is 3. The lowest BCUT2D eigenvalue weighted by Crippen LogP contribution is -2.55. The van der Waals surface area contributed by atoms with E-state index in [1.165, 1.54) is 29.2 Å². The van der Waals surface area contributed by atoms with Crippen LogP contribution in [0.15, 0.2) is 48.7 Å². The number of imide groups is 1. The fraction of sp³-hybridized carbons (Fsp3) is 0.463. The van der Waals surface area contributed by atoms with E-state index >= 15 is 0 Å². The second kappa shape index (κ2) is 17.1. The number of aryl methyl sites for hydroxylation is 1. The molecule has 2 atom stereocenters. The van der Waals surface area contributed by atoms with Crippen LogP contribution < -0.4 is 30.5 Å². The Morgan fingerprint density at radius 2 is 1.85 bits per heavy atom. The van der Waals surface area contributed by atoms with Crippen molar-refractivity contribution in [3.63, 3.8) is 0 Å². The van der Waals surface area contributed by atoms with Crippen LogP contribution in [-0.4, -0.2) is 76.8 Å². The highest BCUT2D eigenvalue weighted by atomic mass is 32.1. The summed E-state index contributed by atoms with van der Waals surface area (Å²) >= 11 is 4.77. The number of pyridine rings is 1. The lowest BCUT2D eigenvalue weighted by atomic mass is 9.75. The van der Waals surface area contributed by atoms with Gasteiger partial charge in [-0.2, -0.15) is 18.4 Å². The van der Waals surface area contributed by atoms with Gasteiger partial charge in [0.05, 0.1) is 36.3 Å². The molecule has 4 amide bonds. The number of anilines is 4. The van der Waals surface area contributed by atoms with E-state index in [4.69, 9.17) is 17.4 Å². The van der Waals surface area contributed by atoms with Gasteiger partial charge in [-0.05, 0) is 118 Å². The van der Waals surface area contributed by atoms with Crippen LogP contribution in [0.2, 0.25) is 0 Å². The molecule has 4 aliphatic rings. The molecule has 13 nitrogen and oxygen atoms in total. The minimum absolute atomic E-state index is 0.00806. The van der Waals surface area contributed by atoms with Crippen molar-refractivity contribution in [2.75, 3.05) is 46.7 Å². The maximum atomic E-state index is 14.6. The van der Waals surface area contributed by atoms with Crippen LogP contribution in [-0.2, 0) is 31.8 Å². The zero-order valence-electron chi connectivity index (χ0n) is 32.3. The number of nitriles is 1. The van der Waals surface area contributed by atoms with Crippen molar-refractivity contribution in [3.05, 3.63) is 71.3 Å². The molecule has 1 spiro atoms. The first-order chi connectivity index (χ1) is 28.2. The molecule has 3 saturated heterocycles. The minimum Gasteiger partial charge on any atom is -0.493 e. The molecule has 1 saturated carbocycles. The summed E-state index contributed by atoms with van der Waals surface area (Å²) in [6.45, 7) is 3.90. The van der Waals surface area contributed by atoms with E-state index in [1.807, 2.05) is 34.9 Å². The summed E-state index contributed by atoms with van der Waals surface area (Å²) in [5, 5.41) is 17.1. The van der Waals surface area contributed by atoms with Crippen molar-refractivity contribution in [2.45, 2.75) is 88.0 Å². The molecule has 3 aliphatic heterocycles. The first-order valence-corrected chi connectivity index (χ1v) is 20.2. The van der Waals surface area contributed by atoms with E-state index < -0.39 is 46.2 Å². The van der Waals surface area contributed by atoms with Gasteiger partial charge >= 0.3 is 6.18 Å². The zero-order chi connectivity index (χ0) is 42.1. The van der Waals surface area contributed by atoms with Gasteiger partial charge in [-0.25, -0.2) is 9.37 Å². The van der Waals surface area contributed by atoms with E-state index in [0.717, 1.165) is 43.5 Å². The van der Waals surface area contributed by atoms with E-state index in [1.54, 1.807) is 0 Å². The van der Waals surface area contributed by atoms with Crippen molar-refractivity contribution in [2.24, 2.45) is 5.92 Å². The Morgan fingerprint density at radius 1 is 1.08 bits per heavy atom. The number of amides is 4. The van der Waals surface area contributed by atoms with E-state index in [2.05, 4.69) is 20.9 Å². The topological polar surface area (TPSA) is 160 Å². The summed E-state index contributed by atoms with van der Waals surface area (Å²) < 4.78 is 62.3. The molecule has 312 valence electrons. The zero-order valence-corrected chi connectivity index (χ0v) is 33.2. The molecule has 0 radical (unpaired) electrons. The first-order valence-electron chi connectivity index (χ1n) is 19.7. The molecule has 2 aromatic carbocycles. The Kier molecular flexibility index (Phi) is 12.1. The summed E-state index contributed by atoms with van der Waals surface area (Å²) in [4.78, 5) is 59.3. The lowest BCUT2D eigenvalue weighted by molar-refractivity contribution is -0.138. The van der Waals surface area contributed by atoms with Gasteiger partial charge < -0.3 is 20.3 Å². The third-order valence-corrected chi connectivity index (χ3v) is 12.1. The smallest absolute Gasteiger partial charge is 0.419 e. The van der Waals surface area contributed by atoms with Gasteiger partial charge in [0, 0.05) is 17.8 Å².